The molecule has 0 N–H and O–H groups in total. The number of rotatable bonds is 3. The van der Waals surface area contributed by atoms with Crippen LogP contribution in [0.2, 0.25) is 5.02 Å². The quantitative estimate of drug-likeness (QED) is 0.704. The number of halogens is 2. The minimum atomic E-state index is 0.0498. The van der Waals surface area contributed by atoms with E-state index in [0.717, 1.165) is 33.8 Å². The van der Waals surface area contributed by atoms with E-state index in [4.69, 9.17) is 11.6 Å². The zero-order valence-corrected chi connectivity index (χ0v) is 15.5. The molecular formula is C19H18BrClN2O. The van der Waals surface area contributed by atoms with Crippen molar-refractivity contribution in [2.75, 3.05) is 31.1 Å². The molecule has 3 nitrogen and oxygen atoms in total. The van der Waals surface area contributed by atoms with E-state index in [-0.39, 0.29) is 5.91 Å². The number of benzene rings is 2. The van der Waals surface area contributed by atoms with E-state index >= 15 is 0 Å². The lowest BCUT2D eigenvalue weighted by molar-refractivity contribution is -0.126. The Balaban J connectivity index is 1.58. The Labute approximate surface area is 155 Å². The summed E-state index contributed by atoms with van der Waals surface area (Å²) in [5.41, 5.74) is 2.04. The van der Waals surface area contributed by atoms with E-state index in [2.05, 4.69) is 20.8 Å². The summed E-state index contributed by atoms with van der Waals surface area (Å²) in [6.07, 6.45) is 3.50. The number of amides is 1. The Hall–Kier alpha value is -1.78. The highest BCUT2D eigenvalue weighted by atomic mass is 79.9. The van der Waals surface area contributed by atoms with Crippen LogP contribution in [0.3, 0.4) is 0 Å². The van der Waals surface area contributed by atoms with Crippen LogP contribution in [0.1, 0.15) is 5.56 Å². The minimum Gasteiger partial charge on any atom is -0.367 e. The van der Waals surface area contributed by atoms with Crippen LogP contribution in [-0.2, 0) is 4.79 Å². The van der Waals surface area contributed by atoms with E-state index in [0.29, 0.717) is 13.1 Å². The number of carbonyl (C=O) groups is 1. The summed E-state index contributed by atoms with van der Waals surface area (Å²) in [5.74, 6) is 0.0498. The number of hydrogen-bond donors (Lipinski definition) is 0. The Bertz CT molecular complexity index is 755. The molecule has 1 amide bonds. The average Bonchev–Trinajstić information content (AvgIpc) is 2.60. The first-order valence-electron chi connectivity index (χ1n) is 7.85. The minimum absolute atomic E-state index is 0.0498. The van der Waals surface area contributed by atoms with Gasteiger partial charge in [-0.3, -0.25) is 4.79 Å². The van der Waals surface area contributed by atoms with E-state index in [1.54, 1.807) is 6.08 Å². The fraction of sp³-hybridized carbons (Fsp3) is 0.211. The molecule has 24 heavy (non-hydrogen) atoms. The molecule has 1 fully saturated rings. The van der Waals surface area contributed by atoms with Crippen LogP contribution in [0.4, 0.5) is 5.69 Å². The van der Waals surface area contributed by atoms with Gasteiger partial charge in [0.25, 0.3) is 0 Å². The highest BCUT2D eigenvalue weighted by Crippen LogP contribution is 2.26. The fourth-order valence-corrected chi connectivity index (χ4v) is 3.43. The summed E-state index contributed by atoms with van der Waals surface area (Å²) in [6, 6.07) is 15.7. The summed E-state index contributed by atoms with van der Waals surface area (Å²) >= 11 is 9.68. The van der Waals surface area contributed by atoms with Gasteiger partial charge in [-0.15, -0.1) is 0 Å². The molecule has 0 saturated carbocycles. The molecule has 3 rings (SSSR count). The van der Waals surface area contributed by atoms with Gasteiger partial charge in [0, 0.05) is 36.7 Å². The van der Waals surface area contributed by atoms with Crippen molar-refractivity contribution >= 4 is 45.2 Å². The van der Waals surface area contributed by atoms with Crippen molar-refractivity contribution in [2.24, 2.45) is 0 Å². The number of piperazine rings is 1. The van der Waals surface area contributed by atoms with Gasteiger partial charge in [0.05, 0.1) is 10.7 Å². The molecule has 2 aromatic carbocycles. The van der Waals surface area contributed by atoms with Crippen molar-refractivity contribution in [3.05, 3.63) is 69.7 Å². The van der Waals surface area contributed by atoms with Crippen molar-refractivity contribution in [2.45, 2.75) is 0 Å². The lowest BCUT2D eigenvalue weighted by atomic mass is 10.2. The van der Waals surface area contributed by atoms with Crippen molar-refractivity contribution in [1.29, 1.82) is 0 Å². The zero-order valence-electron chi connectivity index (χ0n) is 13.2. The summed E-state index contributed by atoms with van der Waals surface area (Å²) in [7, 11) is 0. The third kappa shape index (κ3) is 4.19. The maximum absolute atomic E-state index is 12.3. The van der Waals surface area contributed by atoms with Crippen molar-refractivity contribution in [1.82, 2.24) is 4.90 Å². The Morgan fingerprint density at radius 1 is 1.04 bits per heavy atom. The normalized spacial score (nSPS) is 15.1. The van der Waals surface area contributed by atoms with E-state index < -0.39 is 0 Å². The SMILES string of the molecule is O=C(/C=C/c1cccc(Br)c1)N1CCN(c2ccccc2Cl)CC1. The van der Waals surface area contributed by atoms with Crippen LogP contribution in [0, 0.1) is 0 Å². The first kappa shape index (κ1) is 17.1. The smallest absolute Gasteiger partial charge is 0.246 e. The van der Waals surface area contributed by atoms with Gasteiger partial charge in [-0.1, -0.05) is 51.8 Å². The summed E-state index contributed by atoms with van der Waals surface area (Å²) < 4.78 is 1.01. The predicted octanol–water partition coefficient (Wildman–Crippen LogP) is 4.46. The predicted molar refractivity (Wildman–Crippen MR) is 103 cm³/mol. The Kier molecular flexibility index (Phi) is 5.59. The largest absolute Gasteiger partial charge is 0.367 e. The molecule has 1 aliphatic heterocycles. The topological polar surface area (TPSA) is 23.6 Å². The summed E-state index contributed by atoms with van der Waals surface area (Å²) in [5, 5.41) is 0.756. The van der Waals surface area contributed by atoms with Gasteiger partial charge in [0.1, 0.15) is 0 Å². The number of nitrogens with zero attached hydrogens (tertiary/aromatic N) is 2. The molecular weight excluding hydrogens is 388 g/mol. The van der Waals surface area contributed by atoms with Gasteiger partial charge >= 0.3 is 0 Å². The Morgan fingerprint density at radius 2 is 1.79 bits per heavy atom. The molecule has 2 aromatic rings. The third-order valence-electron chi connectivity index (χ3n) is 4.05. The molecule has 0 spiro atoms. The second-order valence-electron chi connectivity index (χ2n) is 5.65. The van der Waals surface area contributed by atoms with Gasteiger partial charge in [-0.2, -0.15) is 0 Å². The van der Waals surface area contributed by atoms with Gasteiger partial charge in [0.15, 0.2) is 0 Å². The van der Waals surface area contributed by atoms with Crippen LogP contribution in [0.5, 0.6) is 0 Å². The van der Waals surface area contributed by atoms with Gasteiger partial charge in [-0.05, 0) is 35.9 Å². The number of anilines is 1. The monoisotopic (exact) mass is 404 g/mol. The zero-order chi connectivity index (χ0) is 16.9. The van der Waals surface area contributed by atoms with Crippen molar-refractivity contribution < 1.29 is 4.79 Å². The molecule has 1 saturated heterocycles. The van der Waals surface area contributed by atoms with Gasteiger partial charge < -0.3 is 9.80 Å². The molecule has 0 aromatic heterocycles. The van der Waals surface area contributed by atoms with Crippen LogP contribution >= 0.6 is 27.5 Å². The van der Waals surface area contributed by atoms with Crippen molar-refractivity contribution in [3.8, 4) is 0 Å². The standard InChI is InChI=1S/C19H18BrClN2O/c20-16-5-3-4-15(14-16)8-9-19(24)23-12-10-22(11-13-23)18-7-2-1-6-17(18)21/h1-9,14H,10-13H2/b9-8+. The lowest BCUT2D eigenvalue weighted by Crippen LogP contribution is -2.48. The molecule has 5 heteroatoms. The van der Waals surface area contributed by atoms with Crippen molar-refractivity contribution in [3.63, 3.8) is 0 Å². The highest BCUT2D eigenvalue weighted by Gasteiger charge is 2.20. The summed E-state index contributed by atoms with van der Waals surface area (Å²) in [6.45, 7) is 2.99. The number of carbonyl (C=O) groups excluding carboxylic acids is 1. The van der Waals surface area contributed by atoms with E-state index in [1.807, 2.05) is 59.5 Å². The molecule has 0 unspecified atom stereocenters. The second-order valence-corrected chi connectivity index (χ2v) is 6.97. The van der Waals surface area contributed by atoms with Crippen LogP contribution < -0.4 is 4.90 Å². The molecule has 0 aliphatic carbocycles. The van der Waals surface area contributed by atoms with Gasteiger partial charge in [-0.25, -0.2) is 0 Å². The second kappa shape index (κ2) is 7.86. The Morgan fingerprint density at radius 3 is 2.50 bits per heavy atom. The van der Waals surface area contributed by atoms with Crippen LogP contribution in [0.15, 0.2) is 59.1 Å². The van der Waals surface area contributed by atoms with Crippen LogP contribution in [0.25, 0.3) is 6.08 Å². The third-order valence-corrected chi connectivity index (χ3v) is 4.86. The van der Waals surface area contributed by atoms with Gasteiger partial charge in [0.2, 0.25) is 5.91 Å². The maximum atomic E-state index is 12.3. The van der Waals surface area contributed by atoms with E-state index in [1.165, 1.54) is 0 Å². The molecule has 1 aliphatic rings. The first-order chi connectivity index (χ1) is 11.6. The molecule has 124 valence electrons. The number of hydrogen-bond acceptors (Lipinski definition) is 2. The number of para-hydroxylation sites is 1. The average molecular weight is 406 g/mol. The molecule has 0 bridgehead atoms. The highest BCUT2D eigenvalue weighted by molar-refractivity contribution is 9.10. The van der Waals surface area contributed by atoms with E-state index in [9.17, 15) is 4.79 Å². The molecule has 1 heterocycles. The summed E-state index contributed by atoms with van der Waals surface area (Å²) in [4.78, 5) is 16.5. The lowest BCUT2D eigenvalue weighted by Gasteiger charge is -2.36. The molecule has 0 atom stereocenters. The fourth-order valence-electron chi connectivity index (χ4n) is 2.76. The van der Waals surface area contributed by atoms with Crippen LogP contribution in [-0.4, -0.2) is 37.0 Å². The first-order valence-corrected chi connectivity index (χ1v) is 9.02. The maximum Gasteiger partial charge on any atom is 0.246 e. The molecule has 0 radical (unpaired) electrons.